The summed E-state index contributed by atoms with van der Waals surface area (Å²) in [5.74, 6) is 1.43. The van der Waals surface area contributed by atoms with Crippen LogP contribution >= 0.6 is 11.8 Å². The van der Waals surface area contributed by atoms with Crippen LogP contribution in [0.25, 0.3) is 5.76 Å². The number of hydrogen-bond acceptors (Lipinski definition) is 8. The molecule has 0 saturated carbocycles. The van der Waals surface area contributed by atoms with Crippen molar-refractivity contribution in [1.82, 2.24) is 9.97 Å². The van der Waals surface area contributed by atoms with Gasteiger partial charge >= 0.3 is 0 Å². The van der Waals surface area contributed by atoms with Gasteiger partial charge in [0.2, 0.25) is 0 Å². The molecule has 206 valence electrons. The van der Waals surface area contributed by atoms with Gasteiger partial charge in [-0.25, -0.2) is 9.97 Å². The van der Waals surface area contributed by atoms with Crippen LogP contribution < -0.4 is 21.3 Å². The van der Waals surface area contributed by atoms with Crippen molar-refractivity contribution in [3.8, 4) is 0 Å². The predicted molar refractivity (Wildman–Crippen MR) is 169 cm³/mol. The molecule has 1 spiro atoms. The van der Waals surface area contributed by atoms with Crippen LogP contribution in [0.1, 0.15) is 48.2 Å². The minimum atomic E-state index is -1.05. The Hall–Kier alpha value is -3.36. The van der Waals surface area contributed by atoms with Crippen molar-refractivity contribution in [3.05, 3.63) is 83.7 Å². The summed E-state index contributed by atoms with van der Waals surface area (Å²) in [6, 6.07) is 14.5. The van der Waals surface area contributed by atoms with Crippen LogP contribution in [0.2, 0.25) is 0 Å². The Morgan fingerprint density at radius 1 is 1.10 bits per heavy atom. The maximum Gasteiger partial charge on any atom is 0.160 e. The molecule has 7 nitrogen and oxygen atoms in total. The first-order valence-electron chi connectivity index (χ1n) is 13.9. The van der Waals surface area contributed by atoms with Gasteiger partial charge in [-0.1, -0.05) is 60.5 Å². The maximum absolute atomic E-state index is 6.81. The number of ether oxygens (including phenoxy) is 1. The molecule has 1 atom stereocenters. The molecule has 10 heteroatoms. The summed E-state index contributed by atoms with van der Waals surface area (Å²) in [7, 11) is 14.8. The quantitative estimate of drug-likeness (QED) is 0.336. The van der Waals surface area contributed by atoms with E-state index < -0.39 is 5.21 Å². The molecule has 1 aliphatic carbocycles. The Kier molecular flexibility index (Phi) is 6.90. The molecule has 2 aliphatic heterocycles. The Morgan fingerprint density at radius 3 is 2.51 bits per heavy atom. The Labute approximate surface area is 249 Å². The summed E-state index contributed by atoms with van der Waals surface area (Å²) in [5.41, 5.74) is 19.3. The number of nitrogen functional groups attached to an aromatic ring is 1. The van der Waals surface area contributed by atoms with E-state index in [0.29, 0.717) is 34.7 Å². The summed E-state index contributed by atoms with van der Waals surface area (Å²) >= 11 is 1.39. The van der Waals surface area contributed by atoms with Crippen molar-refractivity contribution < 1.29 is 4.74 Å². The van der Waals surface area contributed by atoms with Crippen molar-refractivity contribution in [3.63, 3.8) is 0 Å². The molecule has 3 heterocycles. The van der Waals surface area contributed by atoms with E-state index >= 15 is 0 Å². The first kappa shape index (κ1) is 27.8. The monoisotopic (exact) mass is 560 g/mol. The van der Waals surface area contributed by atoms with E-state index in [-0.39, 0.29) is 11.5 Å². The summed E-state index contributed by atoms with van der Waals surface area (Å²) in [4.78, 5) is 15.0. The number of hydrogen-bond donors (Lipinski definition) is 2. The van der Waals surface area contributed by atoms with Crippen LogP contribution in [0.4, 0.5) is 17.3 Å². The summed E-state index contributed by atoms with van der Waals surface area (Å²) in [6.45, 7) is 12.2. The number of nitrogens with zero attached hydrogens (tertiary/aromatic N) is 4. The molecule has 1 fully saturated rings. The molecule has 4 N–H and O–H groups in total. The van der Waals surface area contributed by atoms with E-state index in [9.17, 15) is 0 Å². The van der Waals surface area contributed by atoms with E-state index in [2.05, 4.69) is 42.3 Å². The summed E-state index contributed by atoms with van der Waals surface area (Å²) in [6.07, 6.45) is 2.90. The van der Waals surface area contributed by atoms with Gasteiger partial charge in [-0.2, -0.15) is 0 Å². The van der Waals surface area contributed by atoms with Gasteiger partial charge in [-0.05, 0) is 60.4 Å². The Balaban J connectivity index is 1.30. The van der Waals surface area contributed by atoms with E-state index in [1.807, 2.05) is 30.0 Å². The molecule has 0 bridgehead atoms. The molecule has 0 amide bonds. The average molecular weight is 560 g/mol. The van der Waals surface area contributed by atoms with Crippen molar-refractivity contribution in [2.75, 3.05) is 42.3 Å². The zero-order chi connectivity index (χ0) is 29.1. The van der Waals surface area contributed by atoms with Gasteiger partial charge in [0.25, 0.3) is 0 Å². The largest absolute Gasteiger partial charge is 0.495 e. The molecule has 1 aromatic heterocycles. The maximum atomic E-state index is 6.81. The van der Waals surface area contributed by atoms with Crippen molar-refractivity contribution in [1.29, 1.82) is 0 Å². The normalized spacial score (nSPS) is 20.1. The van der Waals surface area contributed by atoms with Crippen molar-refractivity contribution in [2.45, 2.75) is 47.4 Å². The first-order valence-corrected chi connectivity index (χ1v) is 14.7. The van der Waals surface area contributed by atoms with Gasteiger partial charge in [0.1, 0.15) is 16.5 Å². The fourth-order valence-electron chi connectivity index (χ4n) is 6.64. The van der Waals surface area contributed by atoms with E-state index in [4.69, 9.17) is 41.9 Å². The number of allylic oxidation sites excluding steroid dienone is 1. The summed E-state index contributed by atoms with van der Waals surface area (Å²) in [5, 5.41) is -0.509. The number of methoxy groups -OCH3 is 1. The second kappa shape index (κ2) is 10.2. The fourth-order valence-corrected chi connectivity index (χ4v) is 7.68. The minimum absolute atomic E-state index is 0.0369. The van der Waals surface area contributed by atoms with Crippen LogP contribution in [0.3, 0.4) is 0 Å². The molecule has 4 radical (unpaired) electrons. The molecular weight excluding hydrogens is 526 g/mol. The van der Waals surface area contributed by atoms with Gasteiger partial charge in [-0.3, -0.25) is 0 Å². The molecule has 3 aromatic rings. The number of nitrogens with two attached hydrogens (primary N) is 2. The highest BCUT2D eigenvalue weighted by Crippen LogP contribution is 2.51. The van der Waals surface area contributed by atoms with Crippen LogP contribution in [0.5, 0.6) is 0 Å². The van der Waals surface area contributed by atoms with Gasteiger partial charge in [0.05, 0.1) is 22.8 Å². The lowest BCUT2D eigenvalue weighted by Crippen LogP contribution is -2.45. The lowest BCUT2D eigenvalue weighted by Gasteiger charge is -2.43. The lowest BCUT2D eigenvalue weighted by molar-refractivity contribution is 0.187. The van der Waals surface area contributed by atoms with Gasteiger partial charge in [0.15, 0.2) is 11.6 Å². The van der Waals surface area contributed by atoms with E-state index in [1.54, 1.807) is 7.11 Å². The number of benzene rings is 2. The zero-order valence-corrected chi connectivity index (χ0v) is 24.5. The molecule has 1 saturated heterocycles. The summed E-state index contributed by atoms with van der Waals surface area (Å²) < 4.78 is 5.56. The van der Waals surface area contributed by atoms with E-state index in [0.717, 1.165) is 54.2 Å². The van der Waals surface area contributed by atoms with Crippen LogP contribution in [0.15, 0.2) is 71.2 Å². The van der Waals surface area contributed by atoms with Crippen molar-refractivity contribution in [2.24, 2.45) is 11.1 Å². The fraction of sp³-hybridized carbons (Fsp3) is 0.355. The molecular formula is C31H34B2N6OS. The number of fused-ring (bicyclic) bond motifs is 2. The minimum Gasteiger partial charge on any atom is -0.495 e. The first-order chi connectivity index (χ1) is 19.5. The second-order valence-electron chi connectivity index (χ2n) is 11.5. The number of rotatable bonds is 6. The Bertz CT molecular complexity index is 1550. The van der Waals surface area contributed by atoms with Crippen LogP contribution in [0, 0.1) is 5.41 Å². The lowest BCUT2D eigenvalue weighted by atomic mass is 9.52. The topological polar surface area (TPSA) is 93.5 Å². The second-order valence-corrected chi connectivity index (χ2v) is 12.6. The predicted octanol–water partition coefficient (Wildman–Crippen LogP) is 4.51. The molecule has 2 aromatic carbocycles. The highest BCUT2D eigenvalue weighted by molar-refractivity contribution is 7.99. The van der Waals surface area contributed by atoms with E-state index in [1.165, 1.54) is 22.9 Å². The Morgan fingerprint density at radius 2 is 1.83 bits per heavy atom. The zero-order valence-electron chi connectivity index (χ0n) is 23.7. The SMILES string of the molecule is [B]C1([B])CN(C(=C)C)c2cccc(Sc3nc(C(=C)OC)c(N4CCC5(CC4)Cc4ccccc4C5N)nc3N)c21. The third kappa shape index (κ3) is 4.61. The standard InChI is InChI=1S/C31H34B2N6OS/c1-18(2)39-17-31(32,33)24-22(39)10-7-11-23(24)41-29-27(35)37-28(25(36-29)19(3)40-4)38-14-12-30(13-15-38)16-20-8-5-6-9-21(20)26(30)34/h5-11,26H,1,3,12-17,34H2,2,4H3,(H2,35,37). The average Bonchev–Trinajstić information content (AvgIpc) is 3.40. The van der Waals surface area contributed by atoms with Gasteiger partial charge < -0.3 is 26.0 Å². The van der Waals surface area contributed by atoms with Gasteiger partial charge in [-0.15, -0.1) is 0 Å². The number of piperidine rings is 1. The van der Waals surface area contributed by atoms with Gasteiger partial charge in [0, 0.05) is 42.0 Å². The van der Waals surface area contributed by atoms with Crippen LogP contribution in [-0.4, -0.2) is 52.4 Å². The van der Waals surface area contributed by atoms with Crippen molar-refractivity contribution >= 4 is 50.5 Å². The number of anilines is 3. The highest BCUT2D eigenvalue weighted by atomic mass is 32.2. The van der Waals surface area contributed by atoms with Crippen LogP contribution in [-0.2, 0) is 16.4 Å². The third-order valence-corrected chi connectivity index (χ3v) is 9.93. The highest BCUT2D eigenvalue weighted by Gasteiger charge is 2.46. The molecule has 1 unspecified atom stereocenters. The molecule has 6 rings (SSSR count). The smallest absolute Gasteiger partial charge is 0.160 e. The molecule has 41 heavy (non-hydrogen) atoms. The number of aromatic nitrogens is 2. The third-order valence-electron chi connectivity index (χ3n) is 8.88. The molecule has 3 aliphatic rings.